The number of hydrogen-bond acceptors (Lipinski definition) is 3. The maximum atomic E-state index is 11.0. The van der Waals surface area contributed by atoms with Gasteiger partial charge in [-0.15, -0.1) is 0 Å². The zero-order chi connectivity index (χ0) is 13.1. The first-order valence-corrected chi connectivity index (χ1v) is 6.66. The van der Waals surface area contributed by atoms with E-state index in [0.717, 1.165) is 12.8 Å². The maximum absolute atomic E-state index is 11.0. The van der Waals surface area contributed by atoms with Crippen LogP contribution in [0.25, 0.3) is 0 Å². The quantitative estimate of drug-likeness (QED) is 0.927. The Hall–Kier alpha value is -1.07. The van der Waals surface area contributed by atoms with Gasteiger partial charge in [0.15, 0.2) is 0 Å². The van der Waals surface area contributed by atoms with Gasteiger partial charge in [0.25, 0.3) is 0 Å². The predicted octanol–water partition coefficient (Wildman–Crippen LogP) is 3.09. The van der Waals surface area contributed by atoms with E-state index in [0.29, 0.717) is 16.8 Å². The second-order valence-corrected chi connectivity index (χ2v) is 5.26. The molecule has 0 aromatic heterocycles. The molecule has 0 bridgehead atoms. The van der Waals surface area contributed by atoms with Gasteiger partial charge in [0.1, 0.15) is 12.4 Å². The lowest BCUT2D eigenvalue weighted by Gasteiger charge is -2.13. The van der Waals surface area contributed by atoms with Gasteiger partial charge in [0, 0.05) is 4.47 Å². The fraction of sp³-hybridized carbons (Fsp3) is 0.462. The van der Waals surface area contributed by atoms with E-state index in [9.17, 15) is 4.79 Å². The van der Waals surface area contributed by atoms with E-state index in [1.807, 2.05) is 6.92 Å². The Morgan fingerprint density at radius 1 is 1.56 bits per heavy atom. The molecule has 0 radical (unpaired) electrons. The summed E-state index contributed by atoms with van der Waals surface area (Å²) < 4.78 is 11.8. The molecule has 98 valence electrons. The summed E-state index contributed by atoms with van der Waals surface area (Å²) in [6.07, 6.45) is 2.44. The highest BCUT2D eigenvalue weighted by Gasteiger charge is 2.22. The maximum Gasteiger partial charge on any atom is 0.336 e. The van der Waals surface area contributed by atoms with E-state index in [1.165, 1.54) is 6.07 Å². The molecule has 1 saturated heterocycles. The summed E-state index contributed by atoms with van der Waals surface area (Å²) in [6.45, 7) is 2.51. The zero-order valence-electron chi connectivity index (χ0n) is 10.1. The SMILES string of the molecule is CC1CCC(COc2ccc(Br)c(C(=O)O)c2)O1. The lowest BCUT2D eigenvalue weighted by Crippen LogP contribution is -2.18. The Kier molecular flexibility index (Phi) is 4.24. The number of carboxylic acid groups (broad SMARTS) is 1. The van der Waals surface area contributed by atoms with Crippen LogP contribution >= 0.6 is 15.9 Å². The normalized spacial score (nSPS) is 23.0. The Morgan fingerprint density at radius 2 is 2.33 bits per heavy atom. The Bertz CT molecular complexity index is 447. The van der Waals surface area contributed by atoms with Crippen molar-refractivity contribution >= 4 is 21.9 Å². The van der Waals surface area contributed by atoms with Crippen molar-refractivity contribution in [2.24, 2.45) is 0 Å². The van der Waals surface area contributed by atoms with E-state index < -0.39 is 5.97 Å². The summed E-state index contributed by atoms with van der Waals surface area (Å²) in [5, 5.41) is 8.99. The molecule has 2 rings (SSSR count). The summed E-state index contributed by atoms with van der Waals surface area (Å²) in [5.41, 5.74) is 0.202. The number of carboxylic acids is 1. The molecule has 2 atom stereocenters. The van der Waals surface area contributed by atoms with Crippen LogP contribution in [0.15, 0.2) is 22.7 Å². The molecule has 1 aliphatic heterocycles. The van der Waals surface area contributed by atoms with Gasteiger partial charge in [-0.05, 0) is 53.9 Å². The fourth-order valence-corrected chi connectivity index (χ4v) is 2.37. The van der Waals surface area contributed by atoms with Crippen LogP contribution in [0.4, 0.5) is 0 Å². The van der Waals surface area contributed by atoms with Crippen molar-refractivity contribution in [1.29, 1.82) is 0 Å². The topological polar surface area (TPSA) is 55.8 Å². The molecule has 18 heavy (non-hydrogen) atoms. The predicted molar refractivity (Wildman–Crippen MR) is 70.2 cm³/mol. The third-order valence-electron chi connectivity index (χ3n) is 2.92. The van der Waals surface area contributed by atoms with E-state index in [-0.39, 0.29) is 17.8 Å². The molecule has 1 aromatic carbocycles. The number of halogens is 1. The van der Waals surface area contributed by atoms with Gasteiger partial charge in [-0.25, -0.2) is 4.79 Å². The Labute approximate surface area is 114 Å². The molecule has 1 aromatic rings. The van der Waals surface area contributed by atoms with Crippen molar-refractivity contribution in [3.05, 3.63) is 28.2 Å². The average molecular weight is 315 g/mol. The fourth-order valence-electron chi connectivity index (χ4n) is 1.96. The van der Waals surface area contributed by atoms with Crippen LogP contribution in [-0.2, 0) is 4.74 Å². The summed E-state index contributed by atoms with van der Waals surface area (Å²) in [5.74, 6) is -0.420. The molecule has 0 aliphatic carbocycles. The highest BCUT2D eigenvalue weighted by Crippen LogP contribution is 2.24. The van der Waals surface area contributed by atoms with Crippen LogP contribution < -0.4 is 4.74 Å². The highest BCUT2D eigenvalue weighted by molar-refractivity contribution is 9.10. The van der Waals surface area contributed by atoms with Crippen LogP contribution in [0, 0.1) is 0 Å². The molecule has 5 heteroatoms. The van der Waals surface area contributed by atoms with Crippen LogP contribution in [0.2, 0.25) is 0 Å². The van der Waals surface area contributed by atoms with Gasteiger partial charge in [0.2, 0.25) is 0 Å². The summed E-state index contributed by atoms with van der Waals surface area (Å²) in [7, 11) is 0. The second kappa shape index (κ2) is 5.71. The van der Waals surface area contributed by atoms with Gasteiger partial charge >= 0.3 is 5.97 Å². The van der Waals surface area contributed by atoms with Crippen molar-refractivity contribution in [2.75, 3.05) is 6.61 Å². The Morgan fingerprint density at radius 3 is 2.94 bits per heavy atom. The summed E-state index contributed by atoms with van der Waals surface area (Å²) >= 11 is 3.20. The highest BCUT2D eigenvalue weighted by atomic mass is 79.9. The number of ether oxygens (including phenoxy) is 2. The number of carbonyl (C=O) groups is 1. The van der Waals surface area contributed by atoms with E-state index in [4.69, 9.17) is 14.6 Å². The third-order valence-corrected chi connectivity index (χ3v) is 3.62. The summed E-state index contributed by atoms with van der Waals surface area (Å²) in [4.78, 5) is 11.0. The smallest absolute Gasteiger partial charge is 0.336 e. The third kappa shape index (κ3) is 3.23. The molecule has 1 heterocycles. The van der Waals surface area contributed by atoms with Gasteiger partial charge in [-0.1, -0.05) is 0 Å². The van der Waals surface area contributed by atoms with Crippen molar-refractivity contribution < 1.29 is 19.4 Å². The van der Waals surface area contributed by atoms with Crippen molar-refractivity contribution in [2.45, 2.75) is 32.0 Å². The second-order valence-electron chi connectivity index (χ2n) is 4.40. The first kappa shape index (κ1) is 13.4. The Balaban J connectivity index is 1.97. The molecule has 1 N–H and O–H groups in total. The van der Waals surface area contributed by atoms with Gasteiger partial charge in [-0.3, -0.25) is 0 Å². The number of hydrogen-bond donors (Lipinski definition) is 1. The zero-order valence-corrected chi connectivity index (χ0v) is 11.6. The van der Waals surface area contributed by atoms with Gasteiger partial charge in [0.05, 0.1) is 17.8 Å². The van der Waals surface area contributed by atoms with Crippen molar-refractivity contribution in [1.82, 2.24) is 0 Å². The van der Waals surface area contributed by atoms with Gasteiger partial charge in [-0.2, -0.15) is 0 Å². The minimum atomic E-state index is -0.974. The average Bonchev–Trinajstić information content (AvgIpc) is 2.74. The van der Waals surface area contributed by atoms with Crippen LogP contribution in [0.1, 0.15) is 30.1 Å². The first-order chi connectivity index (χ1) is 8.56. The molecule has 2 unspecified atom stereocenters. The standard InChI is InChI=1S/C13H15BrO4/c1-8-2-3-10(18-8)7-17-9-4-5-12(14)11(6-9)13(15)16/h4-6,8,10H,2-3,7H2,1H3,(H,15,16). The molecule has 0 amide bonds. The van der Waals surface area contributed by atoms with E-state index in [1.54, 1.807) is 12.1 Å². The minimum absolute atomic E-state index is 0.108. The molecule has 0 saturated carbocycles. The first-order valence-electron chi connectivity index (χ1n) is 5.87. The lowest BCUT2D eigenvalue weighted by atomic mass is 10.2. The molecule has 0 spiro atoms. The number of rotatable bonds is 4. The number of aromatic carboxylic acids is 1. The van der Waals surface area contributed by atoms with Crippen LogP contribution in [0.3, 0.4) is 0 Å². The molecule has 1 aliphatic rings. The number of benzene rings is 1. The molecule has 4 nitrogen and oxygen atoms in total. The summed E-state index contributed by atoms with van der Waals surface area (Å²) in [6, 6.07) is 4.94. The van der Waals surface area contributed by atoms with Crippen LogP contribution in [-0.4, -0.2) is 29.9 Å². The molecular formula is C13H15BrO4. The van der Waals surface area contributed by atoms with E-state index >= 15 is 0 Å². The monoisotopic (exact) mass is 314 g/mol. The van der Waals surface area contributed by atoms with Crippen molar-refractivity contribution in [3.8, 4) is 5.75 Å². The minimum Gasteiger partial charge on any atom is -0.491 e. The van der Waals surface area contributed by atoms with E-state index in [2.05, 4.69) is 15.9 Å². The molecular weight excluding hydrogens is 300 g/mol. The van der Waals surface area contributed by atoms with Crippen molar-refractivity contribution in [3.63, 3.8) is 0 Å². The lowest BCUT2D eigenvalue weighted by molar-refractivity contribution is 0.0264. The van der Waals surface area contributed by atoms with Gasteiger partial charge < -0.3 is 14.6 Å². The molecule has 1 fully saturated rings. The largest absolute Gasteiger partial charge is 0.491 e. The van der Waals surface area contributed by atoms with Crippen LogP contribution in [0.5, 0.6) is 5.75 Å².